The number of nitrogens with one attached hydrogen (secondary N) is 2. The zero-order valence-electron chi connectivity index (χ0n) is 20.7. The van der Waals surface area contributed by atoms with Crippen LogP contribution in [-0.2, 0) is 4.79 Å². The number of non-ortho nitro benzene ring substituents is 1. The Bertz CT molecular complexity index is 1370. The maximum absolute atomic E-state index is 13.0. The molecule has 3 aromatic rings. The minimum absolute atomic E-state index is 0.0108. The summed E-state index contributed by atoms with van der Waals surface area (Å²) in [5, 5.41) is 29.7. The van der Waals surface area contributed by atoms with Gasteiger partial charge in [0.05, 0.1) is 11.1 Å². The fourth-order valence-electron chi connectivity index (χ4n) is 3.50. The van der Waals surface area contributed by atoms with Gasteiger partial charge in [0.1, 0.15) is 5.70 Å². The van der Waals surface area contributed by atoms with Crippen molar-refractivity contribution in [3.8, 4) is 5.75 Å². The van der Waals surface area contributed by atoms with E-state index < -0.39 is 22.5 Å². The average molecular weight is 579 g/mol. The third-order valence-corrected chi connectivity index (χ3v) is 6.09. The van der Waals surface area contributed by atoms with Crippen LogP contribution in [0.1, 0.15) is 35.3 Å². The quantitative estimate of drug-likeness (QED) is 0.160. The van der Waals surface area contributed by atoms with E-state index in [-0.39, 0.29) is 21.4 Å². The first-order valence-electron chi connectivity index (χ1n) is 11.6. The number of nitro benzene ring substituents is 1. The fourth-order valence-corrected chi connectivity index (χ4v) is 3.96. The molecule has 0 aliphatic carbocycles. The molecule has 0 unspecified atom stereocenters. The Morgan fingerprint density at radius 2 is 1.71 bits per heavy atom. The summed E-state index contributed by atoms with van der Waals surface area (Å²) < 4.78 is -0.0108. The normalized spacial score (nSPS) is 11.3. The molecule has 11 heteroatoms. The van der Waals surface area contributed by atoms with E-state index in [1.165, 1.54) is 6.08 Å². The van der Waals surface area contributed by atoms with Gasteiger partial charge in [0, 0.05) is 40.9 Å². The predicted molar refractivity (Wildman–Crippen MR) is 148 cm³/mol. The third kappa shape index (κ3) is 7.26. The Morgan fingerprint density at radius 3 is 2.32 bits per heavy atom. The molecule has 0 radical (unpaired) electrons. The monoisotopic (exact) mass is 578 g/mol. The van der Waals surface area contributed by atoms with Crippen LogP contribution < -0.4 is 20.7 Å². The molecule has 0 spiro atoms. The van der Waals surface area contributed by atoms with Crippen molar-refractivity contribution in [1.82, 2.24) is 10.7 Å². The van der Waals surface area contributed by atoms with E-state index in [1.54, 1.807) is 30.3 Å². The standard InChI is InChI=1S/C27H26BrN5O5/c1-3-32(4-2)21-12-10-18(11-13-21)14-24(30-26(35)19-8-6-5-7-9-19)27(36)31-29-17-20-15-22(33(37)38)16-23(28)25(20)34/h5-17,34H,3-4H2,1-2H3,(H,30,35)(H,31,36)/p-1/b24-14+,29-17+. The molecule has 2 amide bonds. The molecule has 10 nitrogen and oxygen atoms in total. The molecule has 0 saturated carbocycles. The van der Waals surface area contributed by atoms with Crippen LogP contribution in [-0.4, -0.2) is 36.0 Å². The summed E-state index contributed by atoms with van der Waals surface area (Å²) in [4.78, 5) is 38.4. The maximum Gasteiger partial charge on any atom is 0.287 e. The van der Waals surface area contributed by atoms with Gasteiger partial charge >= 0.3 is 0 Å². The number of carbonyl (C=O) groups is 2. The molecule has 38 heavy (non-hydrogen) atoms. The van der Waals surface area contributed by atoms with Crippen molar-refractivity contribution in [2.45, 2.75) is 13.8 Å². The van der Waals surface area contributed by atoms with Crippen molar-refractivity contribution in [3.63, 3.8) is 0 Å². The average Bonchev–Trinajstić information content (AvgIpc) is 2.92. The molecule has 0 heterocycles. The number of hydrazone groups is 1. The number of amides is 2. The topological polar surface area (TPSA) is 140 Å². The smallest absolute Gasteiger partial charge is 0.287 e. The van der Waals surface area contributed by atoms with Crippen LogP contribution in [0.3, 0.4) is 0 Å². The van der Waals surface area contributed by atoms with E-state index in [4.69, 9.17) is 0 Å². The Hall–Kier alpha value is -4.51. The number of benzene rings is 3. The first-order chi connectivity index (χ1) is 18.2. The largest absolute Gasteiger partial charge is 0.871 e. The summed E-state index contributed by atoms with van der Waals surface area (Å²) in [7, 11) is 0. The molecule has 0 aliphatic heterocycles. The lowest BCUT2D eigenvalue weighted by molar-refractivity contribution is -0.385. The molecule has 0 aliphatic rings. The van der Waals surface area contributed by atoms with Crippen LogP contribution in [0.25, 0.3) is 6.08 Å². The van der Waals surface area contributed by atoms with Crippen molar-refractivity contribution >= 4 is 51.4 Å². The summed E-state index contributed by atoms with van der Waals surface area (Å²) >= 11 is 2.99. The van der Waals surface area contributed by atoms with E-state index in [0.29, 0.717) is 11.1 Å². The number of halogens is 1. The molecule has 3 rings (SSSR count). The van der Waals surface area contributed by atoms with Gasteiger partial charge in [0.15, 0.2) is 0 Å². The minimum atomic E-state index is -0.754. The minimum Gasteiger partial charge on any atom is -0.871 e. The summed E-state index contributed by atoms with van der Waals surface area (Å²) in [6.45, 7) is 5.80. The Balaban J connectivity index is 1.87. The van der Waals surface area contributed by atoms with Gasteiger partial charge in [-0.25, -0.2) is 5.43 Å². The highest BCUT2D eigenvalue weighted by atomic mass is 79.9. The van der Waals surface area contributed by atoms with Gasteiger partial charge in [0.2, 0.25) is 0 Å². The third-order valence-electron chi connectivity index (χ3n) is 5.50. The van der Waals surface area contributed by atoms with Gasteiger partial charge in [0.25, 0.3) is 17.5 Å². The molecule has 0 atom stereocenters. The molecule has 3 aromatic carbocycles. The zero-order valence-corrected chi connectivity index (χ0v) is 22.3. The fraction of sp³-hybridized carbons (Fsp3) is 0.148. The van der Waals surface area contributed by atoms with Crippen molar-refractivity contribution in [2.24, 2.45) is 5.10 Å². The summed E-state index contributed by atoms with van der Waals surface area (Å²) in [5.41, 5.74) is 3.80. The first kappa shape index (κ1) is 28.1. The molecule has 0 fully saturated rings. The SMILES string of the molecule is CCN(CC)c1ccc(/C=C(/NC(=O)c2ccccc2)C(=O)N/N=C/c2cc([N+](=O)[O-])cc(Br)c2[O-])cc1. The van der Waals surface area contributed by atoms with Crippen LogP contribution in [0.15, 0.2) is 82.0 Å². The van der Waals surface area contributed by atoms with Crippen LogP contribution in [0, 0.1) is 10.1 Å². The van der Waals surface area contributed by atoms with Gasteiger partial charge in [-0.05, 0) is 55.3 Å². The lowest BCUT2D eigenvalue weighted by Crippen LogP contribution is -2.32. The van der Waals surface area contributed by atoms with Crippen LogP contribution in [0.4, 0.5) is 11.4 Å². The highest BCUT2D eigenvalue weighted by Crippen LogP contribution is 2.29. The number of rotatable bonds is 10. The Morgan fingerprint density at radius 1 is 1.05 bits per heavy atom. The van der Waals surface area contributed by atoms with Crippen LogP contribution in [0.5, 0.6) is 5.75 Å². The number of carbonyl (C=O) groups excluding carboxylic acids is 2. The molecule has 2 N–H and O–H groups in total. The molecule has 196 valence electrons. The molecule has 0 bridgehead atoms. The lowest BCUT2D eigenvalue weighted by atomic mass is 10.1. The highest BCUT2D eigenvalue weighted by Gasteiger charge is 2.15. The number of nitro groups is 1. The lowest BCUT2D eigenvalue weighted by Gasteiger charge is -2.21. The second-order valence-corrected chi connectivity index (χ2v) is 8.80. The summed E-state index contributed by atoms with van der Waals surface area (Å²) in [5.74, 6) is -1.79. The van der Waals surface area contributed by atoms with Crippen LogP contribution in [0.2, 0.25) is 0 Å². The molecule has 0 saturated heterocycles. The van der Waals surface area contributed by atoms with E-state index >= 15 is 0 Å². The van der Waals surface area contributed by atoms with E-state index in [0.717, 1.165) is 37.1 Å². The van der Waals surface area contributed by atoms with Crippen molar-refractivity contribution in [1.29, 1.82) is 0 Å². The Labute approximate surface area is 228 Å². The van der Waals surface area contributed by atoms with Gasteiger partial charge in [-0.1, -0.05) is 52.0 Å². The second kappa shape index (κ2) is 13.2. The van der Waals surface area contributed by atoms with Gasteiger partial charge in [-0.2, -0.15) is 5.10 Å². The summed E-state index contributed by atoms with van der Waals surface area (Å²) in [6.07, 6.45) is 2.51. The maximum atomic E-state index is 13.0. The molecular formula is C27H25BrN5O5-. The second-order valence-electron chi connectivity index (χ2n) is 7.94. The van der Waals surface area contributed by atoms with E-state index in [1.807, 2.05) is 24.3 Å². The van der Waals surface area contributed by atoms with Crippen molar-refractivity contribution < 1.29 is 19.6 Å². The number of nitrogens with zero attached hydrogens (tertiary/aromatic N) is 3. The predicted octanol–water partition coefficient (Wildman–Crippen LogP) is 4.20. The van der Waals surface area contributed by atoms with E-state index in [9.17, 15) is 24.8 Å². The number of hydrogen-bond acceptors (Lipinski definition) is 7. The number of hydrogen-bond donors (Lipinski definition) is 2. The summed E-state index contributed by atoms with van der Waals surface area (Å²) in [6, 6.07) is 18.0. The van der Waals surface area contributed by atoms with Crippen LogP contribution >= 0.6 is 15.9 Å². The van der Waals surface area contributed by atoms with E-state index in [2.05, 4.69) is 50.5 Å². The highest BCUT2D eigenvalue weighted by molar-refractivity contribution is 9.10. The first-order valence-corrected chi connectivity index (χ1v) is 12.4. The zero-order chi connectivity index (χ0) is 27.7. The Kier molecular flexibility index (Phi) is 9.72. The molecule has 0 aromatic heterocycles. The number of anilines is 1. The van der Waals surface area contributed by atoms with Gasteiger partial charge < -0.3 is 15.3 Å². The van der Waals surface area contributed by atoms with Gasteiger partial charge in [-0.3, -0.25) is 19.7 Å². The molecular weight excluding hydrogens is 554 g/mol. The van der Waals surface area contributed by atoms with Gasteiger partial charge in [-0.15, -0.1) is 0 Å². The van der Waals surface area contributed by atoms with Crippen molar-refractivity contribution in [3.05, 3.63) is 104 Å². The van der Waals surface area contributed by atoms with Crippen molar-refractivity contribution in [2.75, 3.05) is 18.0 Å².